The van der Waals surface area contributed by atoms with Crippen LogP contribution >= 0.6 is 0 Å². The molecule has 0 radical (unpaired) electrons. The molecule has 0 aliphatic rings. The molecule has 3 aromatic carbocycles. The molecule has 3 aromatic rings. The third-order valence-electron chi connectivity index (χ3n) is 3.80. The van der Waals surface area contributed by atoms with Gasteiger partial charge in [0.25, 0.3) is 0 Å². The van der Waals surface area contributed by atoms with Gasteiger partial charge in [0.15, 0.2) is 5.78 Å². The quantitative estimate of drug-likeness (QED) is 0.661. The molecule has 0 aromatic heterocycles. The normalized spacial score (nSPS) is 10.3. The van der Waals surface area contributed by atoms with E-state index in [1.54, 1.807) is 12.1 Å². The molecule has 0 heterocycles. The highest BCUT2D eigenvalue weighted by Gasteiger charge is 2.07. The van der Waals surface area contributed by atoms with Crippen LogP contribution in [0.15, 0.2) is 66.7 Å². The van der Waals surface area contributed by atoms with Crippen molar-refractivity contribution >= 4 is 16.6 Å². The third-order valence-corrected chi connectivity index (χ3v) is 3.80. The smallest absolute Gasteiger partial charge is 0.163 e. The molecule has 0 fully saturated rings. The van der Waals surface area contributed by atoms with Crippen LogP contribution in [0, 0.1) is 11.3 Å². The van der Waals surface area contributed by atoms with E-state index in [1.165, 1.54) is 0 Å². The lowest BCUT2D eigenvalue weighted by Crippen LogP contribution is -2.01. The zero-order valence-corrected chi connectivity index (χ0v) is 12.1. The fourth-order valence-corrected chi connectivity index (χ4v) is 2.51. The van der Waals surface area contributed by atoms with Crippen LogP contribution in [0.1, 0.15) is 27.9 Å². The van der Waals surface area contributed by atoms with Crippen LogP contribution in [-0.2, 0) is 6.42 Å². The van der Waals surface area contributed by atoms with Gasteiger partial charge in [0, 0.05) is 12.0 Å². The molecule has 3 rings (SSSR count). The second-order valence-electron chi connectivity index (χ2n) is 5.29. The number of aryl methyl sites for hydroxylation is 1. The van der Waals surface area contributed by atoms with Crippen molar-refractivity contribution < 1.29 is 4.79 Å². The van der Waals surface area contributed by atoms with E-state index in [-0.39, 0.29) is 5.78 Å². The highest BCUT2D eigenvalue weighted by Crippen LogP contribution is 2.17. The number of nitrogens with zero attached hydrogens (tertiary/aromatic N) is 1. The van der Waals surface area contributed by atoms with Gasteiger partial charge in [-0.2, -0.15) is 5.26 Å². The van der Waals surface area contributed by atoms with E-state index >= 15 is 0 Å². The Hall–Kier alpha value is -2.92. The summed E-state index contributed by atoms with van der Waals surface area (Å²) < 4.78 is 0. The van der Waals surface area contributed by atoms with Gasteiger partial charge in [0.1, 0.15) is 0 Å². The average Bonchev–Trinajstić information content (AvgIpc) is 2.59. The predicted octanol–water partition coefficient (Wildman–Crippen LogP) is 4.53. The molecule has 22 heavy (non-hydrogen) atoms. The minimum absolute atomic E-state index is 0.148. The number of benzene rings is 3. The number of hydrogen-bond donors (Lipinski definition) is 0. The maximum atomic E-state index is 12.3. The lowest BCUT2D eigenvalue weighted by atomic mass is 9.99. The SMILES string of the molecule is N#Cc1ccc(CCC(=O)c2ccc3ccccc3c2)cc1. The Bertz CT molecular complexity index is 857. The maximum Gasteiger partial charge on any atom is 0.163 e. The summed E-state index contributed by atoms with van der Waals surface area (Å²) in [6, 6.07) is 23.4. The van der Waals surface area contributed by atoms with Crippen LogP contribution < -0.4 is 0 Å². The molecule has 2 heteroatoms. The van der Waals surface area contributed by atoms with Crippen LogP contribution in [-0.4, -0.2) is 5.78 Å². The molecule has 0 amide bonds. The predicted molar refractivity (Wildman–Crippen MR) is 87.8 cm³/mol. The van der Waals surface area contributed by atoms with Crippen LogP contribution in [0.3, 0.4) is 0 Å². The average molecular weight is 285 g/mol. The van der Waals surface area contributed by atoms with E-state index < -0.39 is 0 Å². The fraction of sp³-hybridized carbons (Fsp3) is 0.100. The van der Waals surface area contributed by atoms with Gasteiger partial charge in [-0.15, -0.1) is 0 Å². The van der Waals surface area contributed by atoms with Gasteiger partial charge in [0.2, 0.25) is 0 Å². The van der Waals surface area contributed by atoms with Crippen molar-refractivity contribution in [1.82, 2.24) is 0 Å². The number of carbonyl (C=O) groups excluding carboxylic acids is 1. The Morgan fingerprint density at radius 3 is 2.36 bits per heavy atom. The van der Waals surface area contributed by atoms with Crippen molar-refractivity contribution in [2.45, 2.75) is 12.8 Å². The summed E-state index contributed by atoms with van der Waals surface area (Å²) in [5.41, 5.74) is 2.48. The number of hydrogen-bond acceptors (Lipinski definition) is 2. The van der Waals surface area contributed by atoms with E-state index in [0.717, 1.165) is 21.9 Å². The molecule has 0 N–H and O–H groups in total. The summed E-state index contributed by atoms with van der Waals surface area (Å²) in [5.74, 6) is 0.148. The lowest BCUT2D eigenvalue weighted by molar-refractivity contribution is 0.0983. The monoisotopic (exact) mass is 285 g/mol. The summed E-state index contributed by atoms with van der Waals surface area (Å²) in [5, 5.41) is 11.0. The van der Waals surface area contributed by atoms with Crippen LogP contribution in [0.25, 0.3) is 10.8 Å². The number of fused-ring (bicyclic) bond motifs is 1. The molecule has 0 unspecified atom stereocenters. The zero-order chi connectivity index (χ0) is 15.4. The number of carbonyl (C=O) groups is 1. The third kappa shape index (κ3) is 3.05. The van der Waals surface area contributed by atoms with Crippen molar-refractivity contribution in [3.63, 3.8) is 0 Å². The van der Waals surface area contributed by atoms with Crippen molar-refractivity contribution in [3.05, 3.63) is 83.4 Å². The molecule has 0 aliphatic heterocycles. The number of nitriles is 1. The molecule has 0 atom stereocenters. The summed E-state index contributed by atoms with van der Waals surface area (Å²) >= 11 is 0. The summed E-state index contributed by atoms with van der Waals surface area (Å²) in [6.07, 6.45) is 1.17. The topological polar surface area (TPSA) is 40.9 Å². The van der Waals surface area contributed by atoms with Gasteiger partial charge in [-0.3, -0.25) is 4.79 Å². The molecule has 0 saturated heterocycles. The fourth-order valence-electron chi connectivity index (χ4n) is 2.51. The highest BCUT2D eigenvalue weighted by atomic mass is 16.1. The van der Waals surface area contributed by atoms with E-state index in [4.69, 9.17) is 5.26 Å². The van der Waals surface area contributed by atoms with Crippen LogP contribution in [0.5, 0.6) is 0 Å². The van der Waals surface area contributed by atoms with Crippen LogP contribution in [0.2, 0.25) is 0 Å². The van der Waals surface area contributed by atoms with Crippen molar-refractivity contribution in [3.8, 4) is 6.07 Å². The van der Waals surface area contributed by atoms with Gasteiger partial charge in [0.05, 0.1) is 11.6 Å². The minimum Gasteiger partial charge on any atom is -0.294 e. The Labute approximate surface area is 129 Å². The molecule has 0 aliphatic carbocycles. The Balaban J connectivity index is 1.71. The molecule has 106 valence electrons. The molecule has 0 spiro atoms. The van der Waals surface area contributed by atoms with Crippen molar-refractivity contribution in [1.29, 1.82) is 5.26 Å². The van der Waals surface area contributed by atoms with Crippen molar-refractivity contribution in [2.75, 3.05) is 0 Å². The number of Topliss-reactive ketones (excluding diaryl/α,β-unsaturated/α-hetero) is 1. The molecule has 2 nitrogen and oxygen atoms in total. The molecule has 0 bridgehead atoms. The van der Waals surface area contributed by atoms with Crippen molar-refractivity contribution in [2.24, 2.45) is 0 Å². The lowest BCUT2D eigenvalue weighted by Gasteiger charge is -2.04. The van der Waals surface area contributed by atoms with E-state index in [2.05, 4.69) is 6.07 Å². The van der Waals surface area contributed by atoms with Crippen LogP contribution in [0.4, 0.5) is 0 Å². The zero-order valence-electron chi connectivity index (χ0n) is 12.1. The highest BCUT2D eigenvalue weighted by molar-refractivity contribution is 6.00. The number of rotatable bonds is 4. The first kappa shape index (κ1) is 14.0. The first-order valence-electron chi connectivity index (χ1n) is 7.27. The maximum absolute atomic E-state index is 12.3. The Morgan fingerprint density at radius 2 is 1.64 bits per heavy atom. The van der Waals surface area contributed by atoms with Gasteiger partial charge in [-0.05, 0) is 41.0 Å². The second kappa shape index (κ2) is 6.24. The summed E-state index contributed by atoms with van der Waals surface area (Å²) in [7, 11) is 0. The van der Waals surface area contributed by atoms with E-state index in [9.17, 15) is 4.79 Å². The molecule has 0 saturated carbocycles. The Morgan fingerprint density at radius 1 is 0.909 bits per heavy atom. The first-order valence-corrected chi connectivity index (χ1v) is 7.27. The largest absolute Gasteiger partial charge is 0.294 e. The number of ketones is 1. The first-order chi connectivity index (χ1) is 10.8. The van der Waals surface area contributed by atoms with Gasteiger partial charge in [-0.1, -0.05) is 48.5 Å². The van der Waals surface area contributed by atoms with E-state index in [0.29, 0.717) is 18.4 Å². The summed E-state index contributed by atoms with van der Waals surface area (Å²) in [4.78, 5) is 12.3. The van der Waals surface area contributed by atoms with E-state index in [1.807, 2.05) is 54.6 Å². The van der Waals surface area contributed by atoms with Gasteiger partial charge in [-0.25, -0.2) is 0 Å². The minimum atomic E-state index is 0.148. The Kier molecular flexibility index (Phi) is 3.98. The van der Waals surface area contributed by atoms with Gasteiger partial charge >= 0.3 is 0 Å². The standard InChI is InChI=1S/C20H15NO/c21-14-16-7-5-15(6-8-16)9-12-20(22)19-11-10-17-3-1-2-4-18(17)13-19/h1-8,10-11,13H,9,12H2. The second-order valence-corrected chi connectivity index (χ2v) is 5.29. The van der Waals surface area contributed by atoms with Gasteiger partial charge < -0.3 is 0 Å². The molecular formula is C20H15NO. The molecular weight excluding hydrogens is 270 g/mol. The summed E-state index contributed by atoms with van der Waals surface area (Å²) in [6.45, 7) is 0.